The van der Waals surface area contributed by atoms with Gasteiger partial charge in [-0.25, -0.2) is 4.83 Å². The second-order valence-electron chi connectivity index (χ2n) is 7.18. The number of pyridine rings is 1. The van der Waals surface area contributed by atoms with E-state index in [-0.39, 0.29) is 39.8 Å². The Bertz CT molecular complexity index is 1410. The maximum Gasteiger partial charge on any atom is 0.282 e. The van der Waals surface area contributed by atoms with Crippen LogP contribution in [0.1, 0.15) is 27.0 Å². The number of nitrogens with zero attached hydrogens (tertiary/aromatic N) is 2. The lowest BCUT2D eigenvalue weighted by molar-refractivity contribution is 0.102. The number of aliphatic imine (C=N–C) groups is 1. The van der Waals surface area contributed by atoms with E-state index in [9.17, 15) is 18.0 Å². The van der Waals surface area contributed by atoms with Gasteiger partial charge in [0.15, 0.2) is 0 Å². The number of amidine groups is 1. The summed E-state index contributed by atoms with van der Waals surface area (Å²) in [6.45, 7) is 1.88. The average molecular weight is 452 g/mol. The number of carbonyl (C=O) groups excluding carboxylic acids is 1. The Morgan fingerprint density at radius 1 is 1.06 bits per heavy atom. The van der Waals surface area contributed by atoms with Crippen LogP contribution in [0, 0.1) is 6.92 Å². The summed E-state index contributed by atoms with van der Waals surface area (Å²) in [5.74, 6) is -1.09. The van der Waals surface area contributed by atoms with Gasteiger partial charge in [0.1, 0.15) is 11.7 Å². The maximum atomic E-state index is 13.1. The highest BCUT2D eigenvalue weighted by atomic mass is 32.2. The van der Waals surface area contributed by atoms with E-state index in [1.807, 2.05) is 19.1 Å². The largest absolute Gasteiger partial charge is 0.383 e. The van der Waals surface area contributed by atoms with Crippen LogP contribution in [0.2, 0.25) is 0 Å². The minimum absolute atomic E-state index is 0.0243. The standard InChI is InChI=1S/C21H20N6O4S/c1-12-7-9-13(10-8-12)25-20(28)17-15-11-24-18(22)16(15)21(29)27(19(17)23)26-32(30,31)14-5-3-2-4-6-14/h2-10,26H,11,23H2,1H3,(H2,22,24)(H,25,28). The molecule has 0 saturated carbocycles. The highest BCUT2D eigenvalue weighted by molar-refractivity contribution is 7.92. The molecule has 1 aromatic heterocycles. The number of fused-ring (bicyclic) bond motifs is 1. The topological polar surface area (TPSA) is 162 Å². The third-order valence-corrected chi connectivity index (χ3v) is 6.30. The third-order valence-electron chi connectivity index (χ3n) is 4.98. The Kier molecular flexibility index (Phi) is 5.18. The Labute approximate surface area is 183 Å². The van der Waals surface area contributed by atoms with Crippen LogP contribution in [0.3, 0.4) is 0 Å². The van der Waals surface area contributed by atoms with Gasteiger partial charge >= 0.3 is 0 Å². The van der Waals surface area contributed by atoms with Gasteiger partial charge in [-0.05, 0) is 31.2 Å². The van der Waals surface area contributed by atoms with Gasteiger partial charge in [0.05, 0.1) is 22.6 Å². The molecule has 0 aliphatic carbocycles. The number of amides is 1. The van der Waals surface area contributed by atoms with E-state index in [1.165, 1.54) is 24.3 Å². The van der Waals surface area contributed by atoms with Crippen molar-refractivity contribution in [3.8, 4) is 0 Å². The molecule has 4 rings (SSSR count). The van der Waals surface area contributed by atoms with Gasteiger partial charge in [-0.15, -0.1) is 0 Å². The number of aromatic nitrogens is 1. The summed E-state index contributed by atoms with van der Waals surface area (Å²) >= 11 is 0. The predicted octanol–water partition coefficient (Wildman–Crippen LogP) is 1.14. The minimum Gasteiger partial charge on any atom is -0.383 e. The quantitative estimate of drug-likeness (QED) is 0.454. The molecule has 10 nitrogen and oxygen atoms in total. The number of rotatable bonds is 5. The maximum absolute atomic E-state index is 13.1. The molecule has 2 heterocycles. The molecule has 164 valence electrons. The van der Waals surface area contributed by atoms with Crippen LogP contribution in [0.4, 0.5) is 11.5 Å². The zero-order valence-electron chi connectivity index (χ0n) is 17.0. The minimum atomic E-state index is -4.18. The van der Waals surface area contributed by atoms with E-state index in [2.05, 4.69) is 15.1 Å². The Morgan fingerprint density at radius 2 is 1.72 bits per heavy atom. The van der Waals surface area contributed by atoms with Gasteiger partial charge in [-0.2, -0.15) is 13.1 Å². The molecule has 0 radical (unpaired) electrons. The molecule has 0 unspecified atom stereocenters. The molecule has 11 heteroatoms. The number of sulfonamides is 1. The first kappa shape index (κ1) is 21.1. The zero-order valence-corrected chi connectivity index (χ0v) is 17.8. The van der Waals surface area contributed by atoms with Crippen molar-refractivity contribution < 1.29 is 13.2 Å². The molecule has 1 aliphatic rings. The van der Waals surface area contributed by atoms with Crippen LogP contribution in [0.5, 0.6) is 0 Å². The summed E-state index contributed by atoms with van der Waals surface area (Å²) in [6.07, 6.45) is 0. The van der Waals surface area contributed by atoms with E-state index in [0.29, 0.717) is 10.4 Å². The van der Waals surface area contributed by atoms with Crippen molar-refractivity contribution in [3.05, 3.63) is 87.2 Å². The Balaban J connectivity index is 1.82. The molecule has 1 amide bonds. The van der Waals surface area contributed by atoms with Crippen LogP contribution in [-0.4, -0.2) is 24.8 Å². The fraction of sp³-hybridized carbons (Fsp3) is 0.0952. The Morgan fingerprint density at radius 3 is 2.38 bits per heavy atom. The smallest absolute Gasteiger partial charge is 0.282 e. The van der Waals surface area contributed by atoms with E-state index in [4.69, 9.17) is 11.5 Å². The number of carbonyl (C=O) groups is 1. The first-order valence-electron chi connectivity index (χ1n) is 9.52. The zero-order chi connectivity index (χ0) is 23.0. The molecular weight excluding hydrogens is 432 g/mol. The normalized spacial score (nSPS) is 12.7. The summed E-state index contributed by atoms with van der Waals surface area (Å²) in [7, 11) is -4.18. The van der Waals surface area contributed by atoms with Crippen molar-refractivity contribution >= 4 is 33.3 Å². The van der Waals surface area contributed by atoms with E-state index < -0.39 is 21.5 Å². The Hall–Kier alpha value is -4.12. The molecule has 0 atom stereocenters. The molecule has 0 fully saturated rings. The van der Waals surface area contributed by atoms with Crippen molar-refractivity contribution in [2.75, 3.05) is 15.9 Å². The van der Waals surface area contributed by atoms with Crippen LogP contribution >= 0.6 is 0 Å². The number of nitrogen functional groups attached to an aromatic ring is 1. The fourth-order valence-corrected chi connectivity index (χ4v) is 4.40. The van der Waals surface area contributed by atoms with Gasteiger partial charge in [0.2, 0.25) is 0 Å². The lowest BCUT2D eigenvalue weighted by atomic mass is 10.0. The van der Waals surface area contributed by atoms with Crippen molar-refractivity contribution in [2.45, 2.75) is 18.4 Å². The predicted molar refractivity (Wildman–Crippen MR) is 122 cm³/mol. The van der Waals surface area contributed by atoms with Gasteiger partial charge in [-0.3, -0.25) is 14.6 Å². The van der Waals surface area contributed by atoms with E-state index in [0.717, 1.165) is 5.56 Å². The SMILES string of the molecule is Cc1ccc(NC(=O)c2c3c(c(=O)n(NS(=O)(=O)c4ccccc4)c2N)C(N)=NC3)cc1. The highest BCUT2D eigenvalue weighted by Crippen LogP contribution is 2.25. The van der Waals surface area contributed by atoms with Crippen molar-refractivity contribution in [3.63, 3.8) is 0 Å². The number of nitrogens with two attached hydrogens (primary N) is 2. The van der Waals surface area contributed by atoms with E-state index >= 15 is 0 Å². The number of benzene rings is 2. The van der Waals surface area contributed by atoms with Gasteiger partial charge in [0, 0.05) is 11.3 Å². The molecule has 3 aromatic rings. The molecular formula is C21H20N6O4S. The molecule has 0 saturated heterocycles. The lowest BCUT2D eigenvalue weighted by Gasteiger charge is -2.18. The highest BCUT2D eigenvalue weighted by Gasteiger charge is 2.31. The number of hydrogen-bond donors (Lipinski definition) is 4. The van der Waals surface area contributed by atoms with E-state index in [1.54, 1.807) is 18.2 Å². The fourth-order valence-electron chi connectivity index (χ4n) is 3.35. The summed E-state index contributed by atoms with van der Waals surface area (Å²) in [5.41, 5.74) is 12.8. The lowest BCUT2D eigenvalue weighted by Crippen LogP contribution is -2.40. The molecule has 32 heavy (non-hydrogen) atoms. The second kappa shape index (κ2) is 7.85. The third kappa shape index (κ3) is 3.69. The molecule has 1 aliphatic heterocycles. The first-order valence-corrected chi connectivity index (χ1v) is 11.0. The number of aryl methyl sites for hydroxylation is 1. The monoisotopic (exact) mass is 452 g/mol. The molecule has 0 bridgehead atoms. The van der Waals surface area contributed by atoms with Crippen LogP contribution < -0.4 is 27.2 Å². The molecule has 2 aromatic carbocycles. The van der Waals surface area contributed by atoms with Crippen LogP contribution in [0.15, 0.2) is 69.3 Å². The van der Waals surface area contributed by atoms with Crippen molar-refractivity contribution in [1.82, 2.24) is 4.68 Å². The second-order valence-corrected chi connectivity index (χ2v) is 8.84. The number of hydrogen-bond acceptors (Lipinski definition) is 7. The van der Waals surface area contributed by atoms with Gasteiger partial charge < -0.3 is 16.8 Å². The van der Waals surface area contributed by atoms with Crippen LogP contribution in [-0.2, 0) is 16.6 Å². The first-order chi connectivity index (χ1) is 15.2. The van der Waals surface area contributed by atoms with Crippen molar-refractivity contribution in [2.24, 2.45) is 10.7 Å². The summed E-state index contributed by atoms with van der Waals surface area (Å²) in [5, 5.41) is 2.71. The molecule has 0 spiro atoms. The number of nitrogens with one attached hydrogen (secondary N) is 2. The summed E-state index contributed by atoms with van der Waals surface area (Å²) in [6, 6.07) is 14.5. The summed E-state index contributed by atoms with van der Waals surface area (Å²) < 4.78 is 26.2. The summed E-state index contributed by atoms with van der Waals surface area (Å²) in [4.78, 5) is 32.2. The van der Waals surface area contributed by atoms with Gasteiger partial charge in [-0.1, -0.05) is 35.9 Å². The van der Waals surface area contributed by atoms with Gasteiger partial charge in [0.25, 0.3) is 21.5 Å². The molecule has 6 N–H and O–H groups in total. The van der Waals surface area contributed by atoms with Crippen LogP contribution in [0.25, 0.3) is 0 Å². The number of anilines is 2. The average Bonchev–Trinajstić information content (AvgIpc) is 3.14. The van der Waals surface area contributed by atoms with Crippen molar-refractivity contribution in [1.29, 1.82) is 0 Å².